The molecule has 0 fully saturated rings. The zero-order valence-electron chi connectivity index (χ0n) is 7.88. The smallest absolute Gasteiger partial charge is 0.0710 e. The quantitative estimate of drug-likeness (QED) is 0.642. The Kier molecular flexibility index (Phi) is 3.82. The number of aliphatic imine (C=N–C) groups is 2. The molecule has 0 aliphatic heterocycles. The lowest BCUT2D eigenvalue weighted by Crippen LogP contribution is -2.03. The van der Waals surface area contributed by atoms with Gasteiger partial charge in [0.15, 0.2) is 0 Å². The summed E-state index contributed by atoms with van der Waals surface area (Å²) in [5, 5.41) is 0. The molecule has 1 aromatic rings. The molecule has 0 aromatic carbocycles. The maximum Gasteiger partial charge on any atom is 0.0710 e. The minimum atomic E-state index is 0.0937. The third-order valence-electron chi connectivity index (χ3n) is 1.65. The molecule has 1 heterocycles. The summed E-state index contributed by atoms with van der Waals surface area (Å²) >= 11 is 0. The van der Waals surface area contributed by atoms with Gasteiger partial charge in [0.25, 0.3) is 0 Å². The average Bonchev–Trinajstić information content (AvgIpc) is 2.19. The van der Waals surface area contributed by atoms with Crippen molar-refractivity contribution in [2.75, 3.05) is 14.1 Å². The number of rotatable bonds is 3. The zero-order valence-corrected chi connectivity index (χ0v) is 7.88. The second kappa shape index (κ2) is 5.19. The molecule has 3 nitrogen and oxygen atoms in total. The van der Waals surface area contributed by atoms with E-state index in [1.807, 2.05) is 30.6 Å². The van der Waals surface area contributed by atoms with Crippen molar-refractivity contribution in [1.82, 2.24) is 4.98 Å². The van der Waals surface area contributed by atoms with Crippen molar-refractivity contribution in [2.45, 2.75) is 5.92 Å². The van der Waals surface area contributed by atoms with Crippen LogP contribution in [0.2, 0.25) is 0 Å². The highest BCUT2D eigenvalue weighted by molar-refractivity contribution is 5.89. The molecule has 0 aliphatic carbocycles. The fourth-order valence-electron chi connectivity index (χ4n) is 1.09. The number of aromatic nitrogens is 1. The maximum absolute atomic E-state index is 4.23. The Hall–Kier alpha value is -1.51. The van der Waals surface area contributed by atoms with Crippen molar-refractivity contribution in [1.29, 1.82) is 0 Å². The normalized spacial score (nSPS) is 11.9. The van der Waals surface area contributed by atoms with E-state index in [0.29, 0.717) is 0 Å². The first-order valence-electron chi connectivity index (χ1n) is 4.14. The van der Waals surface area contributed by atoms with E-state index >= 15 is 0 Å². The van der Waals surface area contributed by atoms with Gasteiger partial charge in [-0.2, -0.15) is 0 Å². The topological polar surface area (TPSA) is 37.6 Å². The number of pyridine rings is 1. The van der Waals surface area contributed by atoms with E-state index in [0.717, 1.165) is 5.69 Å². The Bertz CT molecular complexity index is 278. The lowest BCUT2D eigenvalue weighted by molar-refractivity contribution is 1.09. The molecule has 0 unspecified atom stereocenters. The van der Waals surface area contributed by atoms with Gasteiger partial charge in [0.2, 0.25) is 0 Å². The van der Waals surface area contributed by atoms with Crippen molar-refractivity contribution in [3.8, 4) is 0 Å². The first kappa shape index (κ1) is 9.58. The van der Waals surface area contributed by atoms with Crippen LogP contribution in [0.25, 0.3) is 0 Å². The van der Waals surface area contributed by atoms with Crippen LogP contribution in [-0.4, -0.2) is 31.5 Å². The van der Waals surface area contributed by atoms with Crippen LogP contribution in [0.5, 0.6) is 0 Å². The fraction of sp³-hybridized carbons (Fsp3) is 0.300. The van der Waals surface area contributed by atoms with Gasteiger partial charge >= 0.3 is 0 Å². The summed E-state index contributed by atoms with van der Waals surface area (Å²) in [4.78, 5) is 12.2. The monoisotopic (exact) mass is 175 g/mol. The molecule has 0 atom stereocenters. The molecule has 0 saturated carbocycles. The molecule has 0 amide bonds. The van der Waals surface area contributed by atoms with Gasteiger partial charge in [0.1, 0.15) is 0 Å². The van der Waals surface area contributed by atoms with Crippen molar-refractivity contribution in [3.05, 3.63) is 30.1 Å². The summed E-state index contributed by atoms with van der Waals surface area (Å²) in [7, 11) is 3.50. The Morgan fingerprint density at radius 3 is 2.38 bits per heavy atom. The largest absolute Gasteiger partial charge is 0.300 e. The highest BCUT2D eigenvalue weighted by Gasteiger charge is 2.04. The molecule has 0 radical (unpaired) electrons. The minimum absolute atomic E-state index is 0.0937. The van der Waals surface area contributed by atoms with Gasteiger partial charge in [-0.3, -0.25) is 15.0 Å². The lowest BCUT2D eigenvalue weighted by atomic mass is 10.1. The van der Waals surface area contributed by atoms with E-state index in [2.05, 4.69) is 15.0 Å². The van der Waals surface area contributed by atoms with E-state index in [9.17, 15) is 0 Å². The molecule has 3 heteroatoms. The summed E-state index contributed by atoms with van der Waals surface area (Å²) in [5.41, 5.74) is 0.971. The van der Waals surface area contributed by atoms with Crippen LogP contribution in [-0.2, 0) is 0 Å². The van der Waals surface area contributed by atoms with Crippen LogP contribution in [0.15, 0.2) is 34.4 Å². The third kappa shape index (κ3) is 2.78. The summed E-state index contributed by atoms with van der Waals surface area (Å²) in [6.45, 7) is 0. The van der Waals surface area contributed by atoms with Crippen LogP contribution in [0, 0.1) is 0 Å². The highest BCUT2D eigenvalue weighted by Crippen LogP contribution is 2.07. The van der Waals surface area contributed by atoms with Crippen LogP contribution in [0.4, 0.5) is 0 Å². The minimum Gasteiger partial charge on any atom is -0.300 e. The molecule has 1 rings (SSSR count). The van der Waals surface area contributed by atoms with Gasteiger partial charge in [-0.15, -0.1) is 0 Å². The van der Waals surface area contributed by atoms with E-state index in [1.165, 1.54) is 0 Å². The summed E-state index contributed by atoms with van der Waals surface area (Å²) in [6.07, 6.45) is 5.43. The number of hydrogen-bond donors (Lipinski definition) is 0. The van der Waals surface area contributed by atoms with Crippen molar-refractivity contribution < 1.29 is 0 Å². The van der Waals surface area contributed by atoms with Crippen molar-refractivity contribution in [2.24, 2.45) is 9.98 Å². The molecule has 0 bridgehead atoms. The van der Waals surface area contributed by atoms with Crippen LogP contribution < -0.4 is 0 Å². The van der Waals surface area contributed by atoms with Gasteiger partial charge in [-0.25, -0.2) is 0 Å². The molecular weight excluding hydrogens is 162 g/mol. The van der Waals surface area contributed by atoms with E-state index in [-0.39, 0.29) is 5.92 Å². The molecular formula is C10H13N3. The second-order valence-corrected chi connectivity index (χ2v) is 2.59. The SMILES string of the molecule is C/N=C/C(/C=N/C)c1ccccn1. The Morgan fingerprint density at radius 1 is 1.23 bits per heavy atom. The Labute approximate surface area is 78.3 Å². The van der Waals surface area contributed by atoms with E-state index < -0.39 is 0 Å². The summed E-state index contributed by atoms with van der Waals surface area (Å²) in [5.74, 6) is 0.0937. The van der Waals surface area contributed by atoms with Gasteiger partial charge in [-0.1, -0.05) is 6.07 Å². The van der Waals surface area contributed by atoms with Crippen LogP contribution in [0.3, 0.4) is 0 Å². The predicted octanol–water partition coefficient (Wildman–Crippen LogP) is 1.57. The zero-order chi connectivity index (χ0) is 9.52. The molecule has 1 aromatic heterocycles. The molecule has 0 aliphatic rings. The van der Waals surface area contributed by atoms with Gasteiger partial charge in [-0.05, 0) is 12.1 Å². The first-order chi connectivity index (χ1) is 6.38. The molecule has 13 heavy (non-hydrogen) atoms. The maximum atomic E-state index is 4.23. The molecule has 0 N–H and O–H groups in total. The average molecular weight is 175 g/mol. The van der Waals surface area contributed by atoms with Gasteiger partial charge in [0, 0.05) is 32.7 Å². The first-order valence-corrected chi connectivity index (χ1v) is 4.14. The summed E-state index contributed by atoms with van der Waals surface area (Å²) < 4.78 is 0. The second-order valence-electron chi connectivity index (χ2n) is 2.59. The number of hydrogen-bond acceptors (Lipinski definition) is 3. The number of nitrogens with zero attached hydrogens (tertiary/aromatic N) is 3. The molecule has 0 saturated heterocycles. The fourth-order valence-corrected chi connectivity index (χ4v) is 1.09. The predicted molar refractivity (Wildman–Crippen MR) is 55.8 cm³/mol. The van der Waals surface area contributed by atoms with E-state index in [1.54, 1.807) is 20.3 Å². The summed E-state index contributed by atoms with van der Waals surface area (Å²) in [6, 6.07) is 5.82. The van der Waals surface area contributed by atoms with Crippen molar-refractivity contribution in [3.63, 3.8) is 0 Å². The standard InChI is InChI=1S/C10H13N3/c1-11-7-9(8-12-2)10-5-3-4-6-13-10/h3-9H,1-2H3/b11-7+,12-8+. The van der Waals surface area contributed by atoms with Crippen LogP contribution >= 0.6 is 0 Å². The van der Waals surface area contributed by atoms with Gasteiger partial charge < -0.3 is 0 Å². The lowest BCUT2D eigenvalue weighted by Gasteiger charge is -2.03. The van der Waals surface area contributed by atoms with Gasteiger partial charge in [0.05, 0.1) is 11.6 Å². The molecule has 68 valence electrons. The third-order valence-corrected chi connectivity index (χ3v) is 1.65. The highest BCUT2D eigenvalue weighted by atomic mass is 14.7. The molecule has 0 spiro atoms. The Balaban J connectivity index is 2.88. The van der Waals surface area contributed by atoms with Crippen LogP contribution in [0.1, 0.15) is 11.6 Å². The van der Waals surface area contributed by atoms with E-state index in [4.69, 9.17) is 0 Å². The Morgan fingerprint density at radius 2 is 1.92 bits per heavy atom. The van der Waals surface area contributed by atoms with Crippen molar-refractivity contribution >= 4 is 12.4 Å².